The van der Waals surface area contributed by atoms with Gasteiger partial charge in [-0.2, -0.15) is 0 Å². The molecule has 5 nitrogen and oxygen atoms in total. The van der Waals surface area contributed by atoms with Crippen molar-refractivity contribution in [3.05, 3.63) is 89.5 Å². The van der Waals surface area contributed by atoms with Gasteiger partial charge in [0.15, 0.2) is 0 Å². The first-order valence-corrected chi connectivity index (χ1v) is 11.1. The van der Waals surface area contributed by atoms with Gasteiger partial charge in [0, 0.05) is 11.3 Å². The zero-order chi connectivity index (χ0) is 21.6. The predicted molar refractivity (Wildman–Crippen MR) is 123 cm³/mol. The molecule has 3 aromatic carbocycles. The lowest BCUT2D eigenvalue weighted by molar-refractivity contribution is -0.123. The molecule has 2 aliphatic rings. The Hall–Kier alpha value is -3.25. The first-order chi connectivity index (χ1) is 15.0. The Morgan fingerprint density at radius 1 is 1.00 bits per heavy atom. The maximum Gasteiger partial charge on any atom is 0.269 e. The number of fused-ring (bicyclic) bond motifs is 2. The Kier molecular flexibility index (Phi) is 4.74. The summed E-state index contributed by atoms with van der Waals surface area (Å²) in [5, 5.41) is 0. The van der Waals surface area contributed by atoms with E-state index < -0.39 is 4.87 Å². The van der Waals surface area contributed by atoms with Crippen molar-refractivity contribution < 1.29 is 14.3 Å². The van der Waals surface area contributed by atoms with E-state index in [-0.39, 0.29) is 17.6 Å². The van der Waals surface area contributed by atoms with Gasteiger partial charge >= 0.3 is 0 Å². The topological polar surface area (TPSA) is 49.9 Å². The van der Waals surface area contributed by atoms with E-state index in [1.807, 2.05) is 79.7 Å². The molecule has 0 saturated carbocycles. The molecular formula is C25H22N2O3S. The number of amides is 2. The van der Waals surface area contributed by atoms with Crippen LogP contribution in [0.2, 0.25) is 0 Å². The van der Waals surface area contributed by atoms with Gasteiger partial charge in [-0.15, -0.1) is 11.8 Å². The van der Waals surface area contributed by atoms with Crippen molar-refractivity contribution in [3.63, 3.8) is 0 Å². The monoisotopic (exact) mass is 430 g/mol. The van der Waals surface area contributed by atoms with E-state index in [1.54, 1.807) is 16.9 Å². The number of aryl methyl sites for hydroxylation is 1. The van der Waals surface area contributed by atoms with E-state index in [0.717, 1.165) is 33.8 Å². The molecular weight excluding hydrogens is 408 g/mol. The van der Waals surface area contributed by atoms with E-state index in [0.29, 0.717) is 6.54 Å². The summed E-state index contributed by atoms with van der Waals surface area (Å²) in [7, 11) is 1.63. The van der Waals surface area contributed by atoms with Gasteiger partial charge in [-0.1, -0.05) is 48.0 Å². The van der Waals surface area contributed by atoms with Crippen LogP contribution in [0.1, 0.15) is 16.7 Å². The first-order valence-electron chi connectivity index (χ1n) is 10.1. The lowest BCUT2D eigenvalue weighted by Crippen LogP contribution is -2.49. The molecule has 6 heteroatoms. The summed E-state index contributed by atoms with van der Waals surface area (Å²) < 4.78 is 5.35. The Morgan fingerprint density at radius 2 is 1.77 bits per heavy atom. The van der Waals surface area contributed by atoms with Crippen molar-refractivity contribution in [2.24, 2.45) is 0 Å². The van der Waals surface area contributed by atoms with Crippen LogP contribution in [0.3, 0.4) is 0 Å². The summed E-state index contributed by atoms with van der Waals surface area (Å²) in [6.45, 7) is 2.41. The molecule has 2 heterocycles. The second-order valence-electron chi connectivity index (χ2n) is 7.76. The summed E-state index contributed by atoms with van der Waals surface area (Å²) in [5.41, 5.74) is 4.52. The standard InChI is InChI=1S/C25H22N2O3S/c1-17-10-12-19(13-11-17)27-23(28)16-31-25(27)21-8-3-4-9-22(21)26(24(25)29)15-18-6-5-7-20(14-18)30-2/h3-14H,15-16H2,1-2H3/t25-/m0/s1. The average molecular weight is 431 g/mol. The highest BCUT2D eigenvalue weighted by molar-refractivity contribution is 8.02. The molecule has 0 bridgehead atoms. The number of hydrogen-bond acceptors (Lipinski definition) is 4. The van der Waals surface area contributed by atoms with E-state index in [9.17, 15) is 9.59 Å². The third kappa shape index (κ3) is 3.01. The number of rotatable bonds is 4. The molecule has 0 unspecified atom stereocenters. The van der Waals surface area contributed by atoms with Crippen LogP contribution in [-0.4, -0.2) is 24.7 Å². The van der Waals surface area contributed by atoms with Crippen LogP contribution in [0, 0.1) is 6.92 Å². The Labute approximate surface area is 185 Å². The van der Waals surface area contributed by atoms with Gasteiger partial charge in [0.2, 0.25) is 10.8 Å². The Bertz CT molecular complexity index is 1180. The maximum absolute atomic E-state index is 14.0. The number of anilines is 2. The molecule has 2 aliphatic heterocycles. The lowest BCUT2D eigenvalue weighted by atomic mass is 10.0. The minimum absolute atomic E-state index is 0.0553. The number of ether oxygens (including phenoxy) is 1. The minimum Gasteiger partial charge on any atom is -0.497 e. The van der Waals surface area contributed by atoms with Crippen molar-refractivity contribution in [1.29, 1.82) is 0 Å². The SMILES string of the molecule is COc1cccc(CN2C(=O)[C@@]3(SCC(=O)N3c3ccc(C)cc3)c3ccccc32)c1. The van der Waals surface area contributed by atoms with Crippen LogP contribution in [0.5, 0.6) is 5.75 Å². The van der Waals surface area contributed by atoms with Crippen LogP contribution in [0.25, 0.3) is 0 Å². The summed E-state index contributed by atoms with van der Waals surface area (Å²) in [4.78, 5) is 29.5. The number of methoxy groups -OCH3 is 1. The number of nitrogens with zero attached hydrogens (tertiary/aromatic N) is 2. The van der Waals surface area contributed by atoms with Crippen LogP contribution in [-0.2, 0) is 21.0 Å². The number of para-hydroxylation sites is 1. The van der Waals surface area contributed by atoms with Crippen molar-refractivity contribution >= 4 is 35.0 Å². The summed E-state index contributed by atoms with van der Waals surface area (Å²) in [6, 6.07) is 23.3. The third-order valence-electron chi connectivity index (χ3n) is 5.83. The summed E-state index contributed by atoms with van der Waals surface area (Å²) in [5.74, 6) is 0.869. The van der Waals surface area contributed by atoms with Crippen LogP contribution >= 0.6 is 11.8 Å². The van der Waals surface area contributed by atoms with Crippen LogP contribution < -0.4 is 14.5 Å². The molecule has 1 saturated heterocycles. The van der Waals surface area contributed by atoms with Gasteiger partial charge in [0.05, 0.1) is 25.1 Å². The first kappa shape index (κ1) is 19.7. The van der Waals surface area contributed by atoms with E-state index in [4.69, 9.17) is 4.74 Å². The second kappa shape index (κ2) is 7.46. The molecule has 0 aromatic heterocycles. The van der Waals surface area contributed by atoms with Gasteiger partial charge in [-0.25, -0.2) is 0 Å². The van der Waals surface area contributed by atoms with Crippen molar-refractivity contribution in [1.82, 2.24) is 0 Å². The zero-order valence-corrected chi connectivity index (χ0v) is 18.2. The van der Waals surface area contributed by atoms with Crippen molar-refractivity contribution in [3.8, 4) is 5.75 Å². The summed E-state index contributed by atoms with van der Waals surface area (Å²) in [6.07, 6.45) is 0. The molecule has 2 amide bonds. The number of benzene rings is 3. The maximum atomic E-state index is 14.0. The zero-order valence-electron chi connectivity index (χ0n) is 17.4. The van der Waals surface area contributed by atoms with Crippen molar-refractivity contribution in [2.45, 2.75) is 18.3 Å². The van der Waals surface area contributed by atoms with Gasteiger partial charge in [-0.3, -0.25) is 14.5 Å². The molecule has 3 aromatic rings. The minimum atomic E-state index is -1.08. The number of carbonyl (C=O) groups is 2. The van der Waals surface area contributed by atoms with Crippen molar-refractivity contribution in [2.75, 3.05) is 22.7 Å². The quantitative estimate of drug-likeness (QED) is 0.612. The van der Waals surface area contributed by atoms with E-state index >= 15 is 0 Å². The molecule has 31 heavy (non-hydrogen) atoms. The molecule has 0 N–H and O–H groups in total. The van der Waals surface area contributed by atoms with Gasteiger partial charge in [0.25, 0.3) is 5.91 Å². The largest absolute Gasteiger partial charge is 0.497 e. The van der Waals surface area contributed by atoms with Gasteiger partial charge in [0.1, 0.15) is 5.75 Å². The van der Waals surface area contributed by atoms with Crippen LogP contribution in [0.4, 0.5) is 11.4 Å². The normalized spacial score (nSPS) is 19.9. The molecule has 156 valence electrons. The fourth-order valence-corrected chi connectivity index (χ4v) is 5.72. The average Bonchev–Trinajstić information content (AvgIpc) is 3.26. The van der Waals surface area contributed by atoms with Gasteiger partial charge < -0.3 is 9.64 Å². The molecule has 1 atom stereocenters. The molecule has 1 fully saturated rings. The smallest absolute Gasteiger partial charge is 0.269 e. The predicted octanol–water partition coefficient (Wildman–Crippen LogP) is 4.48. The van der Waals surface area contributed by atoms with E-state index in [2.05, 4.69) is 0 Å². The number of thioether (sulfide) groups is 1. The molecule has 5 rings (SSSR count). The fraction of sp³-hybridized carbons (Fsp3) is 0.200. The Balaban J connectivity index is 1.61. The molecule has 0 aliphatic carbocycles. The van der Waals surface area contributed by atoms with Crippen LogP contribution in [0.15, 0.2) is 72.8 Å². The van der Waals surface area contributed by atoms with Gasteiger partial charge in [-0.05, 0) is 42.8 Å². The highest BCUT2D eigenvalue weighted by atomic mass is 32.2. The highest BCUT2D eigenvalue weighted by Gasteiger charge is 2.60. The van der Waals surface area contributed by atoms with E-state index in [1.165, 1.54) is 11.8 Å². The summed E-state index contributed by atoms with van der Waals surface area (Å²) >= 11 is 1.40. The highest BCUT2D eigenvalue weighted by Crippen LogP contribution is 2.55. The number of carbonyl (C=O) groups excluding carboxylic acids is 2. The lowest BCUT2D eigenvalue weighted by Gasteiger charge is -2.33. The molecule has 1 spiro atoms. The Morgan fingerprint density at radius 3 is 2.55 bits per heavy atom. The third-order valence-corrected chi connectivity index (χ3v) is 7.22. The molecule has 0 radical (unpaired) electrons. The number of hydrogen-bond donors (Lipinski definition) is 0. The second-order valence-corrected chi connectivity index (χ2v) is 8.93. The fourth-order valence-electron chi connectivity index (χ4n) is 4.36.